The van der Waals surface area contributed by atoms with E-state index in [4.69, 9.17) is 14.2 Å². The second-order valence-corrected chi connectivity index (χ2v) is 4.49. The van der Waals surface area contributed by atoms with Gasteiger partial charge < -0.3 is 14.2 Å². The number of ether oxygens (including phenoxy) is 3. The van der Waals surface area contributed by atoms with Crippen LogP contribution in [0.2, 0.25) is 0 Å². The second kappa shape index (κ2) is 7.75. The lowest BCUT2D eigenvalue weighted by molar-refractivity contribution is -0.142. The van der Waals surface area contributed by atoms with E-state index in [1.54, 1.807) is 21.1 Å². The molecule has 0 saturated carbocycles. The zero-order chi connectivity index (χ0) is 15.1. The zero-order valence-electron chi connectivity index (χ0n) is 12.7. The Morgan fingerprint density at radius 1 is 1.20 bits per heavy atom. The standard InChI is InChI=1S/C15H23NO4/c1-6-12(16-10(2)15(17)20-5)11-7-8-13(18-3)14(9-11)19-4/h7-10,12,16H,6H2,1-5H3/t10-,12?/m0/s1. The molecule has 20 heavy (non-hydrogen) atoms. The summed E-state index contributed by atoms with van der Waals surface area (Å²) >= 11 is 0. The third kappa shape index (κ3) is 3.87. The van der Waals surface area contributed by atoms with Crippen molar-refractivity contribution in [1.29, 1.82) is 0 Å². The summed E-state index contributed by atoms with van der Waals surface area (Å²) in [4.78, 5) is 11.5. The largest absolute Gasteiger partial charge is 0.493 e. The molecule has 0 spiro atoms. The van der Waals surface area contributed by atoms with Crippen LogP contribution in [-0.4, -0.2) is 33.3 Å². The topological polar surface area (TPSA) is 56.8 Å². The summed E-state index contributed by atoms with van der Waals surface area (Å²) in [5, 5.41) is 3.25. The number of hydrogen-bond donors (Lipinski definition) is 1. The monoisotopic (exact) mass is 281 g/mol. The summed E-state index contributed by atoms with van der Waals surface area (Å²) in [5.74, 6) is 1.09. The molecule has 0 amide bonds. The smallest absolute Gasteiger partial charge is 0.322 e. The van der Waals surface area contributed by atoms with Gasteiger partial charge >= 0.3 is 5.97 Å². The van der Waals surface area contributed by atoms with Crippen molar-refractivity contribution in [3.05, 3.63) is 23.8 Å². The van der Waals surface area contributed by atoms with Gasteiger partial charge in [-0.1, -0.05) is 13.0 Å². The molecule has 0 saturated heterocycles. The van der Waals surface area contributed by atoms with Crippen LogP contribution in [0.15, 0.2) is 18.2 Å². The van der Waals surface area contributed by atoms with Gasteiger partial charge in [-0.25, -0.2) is 0 Å². The van der Waals surface area contributed by atoms with E-state index in [0.717, 1.165) is 12.0 Å². The molecule has 0 fully saturated rings. The van der Waals surface area contributed by atoms with Crippen LogP contribution in [-0.2, 0) is 9.53 Å². The number of rotatable bonds is 7. The van der Waals surface area contributed by atoms with Gasteiger partial charge in [0.25, 0.3) is 0 Å². The predicted octanol–water partition coefficient (Wildman–Crippen LogP) is 2.31. The molecule has 1 rings (SSSR count). The Labute approximate surface area is 120 Å². The maximum absolute atomic E-state index is 11.5. The first-order valence-electron chi connectivity index (χ1n) is 6.63. The summed E-state index contributed by atoms with van der Waals surface area (Å²) in [6.45, 7) is 3.84. The molecular weight excluding hydrogens is 258 g/mol. The molecule has 1 aromatic rings. The Morgan fingerprint density at radius 3 is 2.35 bits per heavy atom. The van der Waals surface area contributed by atoms with Gasteiger partial charge in [0.1, 0.15) is 6.04 Å². The van der Waals surface area contributed by atoms with Crippen LogP contribution in [0.3, 0.4) is 0 Å². The highest BCUT2D eigenvalue weighted by Gasteiger charge is 2.19. The summed E-state index contributed by atoms with van der Waals surface area (Å²) in [6.07, 6.45) is 0.844. The van der Waals surface area contributed by atoms with Crippen LogP contribution in [0, 0.1) is 0 Å². The third-order valence-electron chi connectivity index (χ3n) is 3.22. The highest BCUT2D eigenvalue weighted by Crippen LogP contribution is 2.31. The number of nitrogens with one attached hydrogen (secondary N) is 1. The first-order chi connectivity index (χ1) is 9.57. The zero-order valence-corrected chi connectivity index (χ0v) is 12.7. The Bertz CT molecular complexity index is 447. The predicted molar refractivity (Wildman–Crippen MR) is 77.2 cm³/mol. The summed E-state index contributed by atoms with van der Waals surface area (Å²) in [5.41, 5.74) is 1.04. The van der Waals surface area contributed by atoms with Crippen LogP contribution in [0.5, 0.6) is 11.5 Å². The normalized spacial score (nSPS) is 13.4. The van der Waals surface area contributed by atoms with Crippen LogP contribution in [0.1, 0.15) is 31.9 Å². The number of hydrogen-bond acceptors (Lipinski definition) is 5. The SMILES string of the molecule is CCC(N[C@@H](C)C(=O)OC)c1ccc(OC)c(OC)c1. The number of methoxy groups -OCH3 is 3. The fourth-order valence-electron chi connectivity index (χ4n) is 2.07. The lowest BCUT2D eigenvalue weighted by Crippen LogP contribution is -2.37. The van der Waals surface area contributed by atoms with Gasteiger partial charge in [0.15, 0.2) is 11.5 Å². The van der Waals surface area contributed by atoms with Crippen molar-refractivity contribution in [3.8, 4) is 11.5 Å². The summed E-state index contributed by atoms with van der Waals surface area (Å²) < 4.78 is 15.3. The molecule has 0 aliphatic rings. The fourth-order valence-corrected chi connectivity index (χ4v) is 2.07. The Kier molecular flexibility index (Phi) is 6.31. The third-order valence-corrected chi connectivity index (χ3v) is 3.22. The molecule has 1 unspecified atom stereocenters. The Morgan fingerprint density at radius 2 is 1.85 bits per heavy atom. The minimum atomic E-state index is -0.363. The van der Waals surface area contributed by atoms with Crippen molar-refractivity contribution >= 4 is 5.97 Å². The number of carbonyl (C=O) groups is 1. The van der Waals surface area contributed by atoms with Gasteiger partial charge in [0.05, 0.1) is 21.3 Å². The van der Waals surface area contributed by atoms with Crippen molar-refractivity contribution in [2.45, 2.75) is 32.4 Å². The number of carbonyl (C=O) groups excluding carboxylic acids is 1. The lowest BCUT2D eigenvalue weighted by Gasteiger charge is -2.22. The fraction of sp³-hybridized carbons (Fsp3) is 0.533. The highest BCUT2D eigenvalue weighted by molar-refractivity contribution is 5.75. The van der Waals surface area contributed by atoms with E-state index >= 15 is 0 Å². The maximum Gasteiger partial charge on any atom is 0.322 e. The van der Waals surface area contributed by atoms with Crippen molar-refractivity contribution in [2.75, 3.05) is 21.3 Å². The molecular formula is C15H23NO4. The van der Waals surface area contributed by atoms with Gasteiger partial charge in [0, 0.05) is 6.04 Å². The molecule has 0 bridgehead atoms. The minimum absolute atomic E-state index is 0.0453. The quantitative estimate of drug-likeness (QED) is 0.777. The second-order valence-electron chi connectivity index (χ2n) is 4.49. The van der Waals surface area contributed by atoms with E-state index in [1.807, 2.05) is 18.2 Å². The molecule has 112 valence electrons. The van der Waals surface area contributed by atoms with Gasteiger partial charge in [-0.15, -0.1) is 0 Å². The van der Waals surface area contributed by atoms with Crippen molar-refractivity contribution in [3.63, 3.8) is 0 Å². The van der Waals surface area contributed by atoms with Crippen molar-refractivity contribution < 1.29 is 19.0 Å². The van der Waals surface area contributed by atoms with Crippen molar-refractivity contribution in [2.24, 2.45) is 0 Å². The summed E-state index contributed by atoms with van der Waals surface area (Å²) in [7, 11) is 4.59. The van der Waals surface area contributed by atoms with E-state index in [2.05, 4.69) is 12.2 Å². The summed E-state index contributed by atoms with van der Waals surface area (Å²) in [6, 6.07) is 5.43. The van der Waals surface area contributed by atoms with Crippen LogP contribution in [0.4, 0.5) is 0 Å². The highest BCUT2D eigenvalue weighted by atomic mass is 16.5. The molecule has 0 heterocycles. The van der Waals surface area contributed by atoms with Gasteiger partial charge in [-0.05, 0) is 31.0 Å². The first kappa shape index (κ1) is 16.3. The van der Waals surface area contributed by atoms with E-state index in [1.165, 1.54) is 7.11 Å². The molecule has 2 atom stereocenters. The van der Waals surface area contributed by atoms with Crippen LogP contribution in [0.25, 0.3) is 0 Å². The molecule has 1 aromatic carbocycles. The lowest BCUT2D eigenvalue weighted by atomic mass is 10.0. The molecule has 0 aliphatic carbocycles. The first-order valence-corrected chi connectivity index (χ1v) is 6.63. The molecule has 5 nitrogen and oxygen atoms in total. The van der Waals surface area contributed by atoms with Crippen LogP contribution >= 0.6 is 0 Å². The molecule has 0 aromatic heterocycles. The average molecular weight is 281 g/mol. The molecule has 1 N–H and O–H groups in total. The van der Waals surface area contributed by atoms with Gasteiger partial charge in [-0.2, -0.15) is 0 Å². The number of esters is 1. The van der Waals surface area contributed by atoms with E-state index in [9.17, 15) is 4.79 Å². The Balaban J connectivity index is 2.92. The van der Waals surface area contributed by atoms with E-state index in [-0.39, 0.29) is 18.1 Å². The maximum atomic E-state index is 11.5. The minimum Gasteiger partial charge on any atom is -0.493 e. The molecule has 0 aliphatic heterocycles. The molecule has 5 heteroatoms. The van der Waals surface area contributed by atoms with Gasteiger partial charge in [-0.3, -0.25) is 10.1 Å². The Hall–Kier alpha value is -1.75. The molecule has 0 radical (unpaired) electrons. The number of benzene rings is 1. The van der Waals surface area contributed by atoms with Crippen LogP contribution < -0.4 is 14.8 Å². The van der Waals surface area contributed by atoms with E-state index in [0.29, 0.717) is 11.5 Å². The average Bonchev–Trinajstić information content (AvgIpc) is 2.50. The van der Waals surface area contributed by atoms with E-state index < -0.39 is 0 Å². The van der Waals surface area contributed by atoms with Crippen molar-refractivity contribution in [1.82, 2.24) is 5.32 Å². The van der Waals surface area contributed by atoms with Gasteiger partial charge in [0.2, 0.25) is 0 Å².